The molecule has 0 aliphatic rings. The summed E-state index contributed by atoms with van der Waals surface area (Å²) in [5, 5.41) is 8.70. The van der Waals surface area contributed by atoms with E-state index in [2.05, 4.69) is 10.2 Å². The molecule has 0 bridgehead atoms. The van der Waals surface area contributed by atoms with E-state index in [9.17, 15) is 4.79 Å². The van der Waals surface area contributed by atoms with Crippen molar-refractivity contribution in [1.29, 1.82) is 0 Å². The smallest absolute Gasteiger partial charge is 0.232 e. The molecule has 6 heteroatoms. The number of rotatable bonds is 3. The molecule has 72 valence electrons. The van der Waals surface area contributed by atoms with Gasteiger partial charge in [-0.3, -0.25) is 4.79 Å². The van der Waals surface area contributed by atoms with E-state index >= 15 is 0 Å². The zero-order valence-electron chi connectivity index (χ0n) is 7.77. The molecule has 0 saturated heterocycles. The first-order valence-corrected chi connectivity index (χ1v) is 5.53. The number of thioether (sulfide) groups is 1. The summed E-state index contributed by atoms with van der Waals surface area (Å²) in [7, 11) is 3.49. The Kier molecular flexibility index (Phi) is 3.68. The van der Waals surface area contributed by atoms with Gasteiger partial charge in [-0.05, 0) is 6.92 Å². The molecule has 1 amide bonds. The molecule has 0 N–H and O–H groups in total. The van der Waals surface area contributed by atoms with Gasteiger partial charge in [0.25, 0.3) is 0 Å². The normalized spacial score (nSPS) is 10.1. The fourth-order valence-corrected chi connectivity index (χ4v) is 2.38. The maximum atomic E-state index is 11.2. The number of aromatic nitrogens is 2. The highest BCUT2D eigenvalue weighted by molar-refractivity contribution is 8.01. The Labute approximate surface area is 85.3 Å². The summed E-state index contributed by atoms with van der Waals surface area (Å²) in [4.78, 5) is 12.8. The second-order valence-electron chi connectivity index (χ2n) is 2.66. The summed E-state index contributed by atoms with van der Waals surface area (Å²) in [6.07, 6.45) is 0. The predicted molar refractivity (Wildman–Crippen MR) is 54.1 cm³/mol. The average molecular weight is 217 g/mol. The quantitative estimate of drug-likeness (QED) is 0.709. The Morgan fingerprint density at radius 1 is 1.54 bits per heavy atom. The third kappa shape index (κ3) is 3.31. The van der Waals surface area contributed by atoms with Crippen molar-refractivity contribution in [1.82, 2.24) is 15.1 Å². The number of hydrogen-bond acceptors (Lipinski definition) is 5. The molecule has 0 aliphatic heterocycles. The first-order valence-electron chi connectivity index (χ1n) is 3.72. The summed E-state index contributed by atoms with van der Waals surface area (Å²) in [5.41, 5.74) is 0. The third-order valence-electron chi connectivity index (χ3n) is 1.33. The van der Waals surface area contributed by atoms with E-state index in [0.29, 0.717) is 5.75 Å². The Balaban J connectivity index is 2.39. The number of carbonyl (C=O) groups excluding carboxylic acids is 1. The molecule has 0 unspecified atom stereocenters. The molecule has 1 aromatic rings. The lowest BCUT2D eigenvalue weighted by molar-refractivity contribution is -0.125. The van der Waals surface area contributed by atoms with Crippen molar-refractivity contribution in [2.75, 3.05) is 19.8 Å². The molecule has 0 saturated carbocycles. The molecule has 1 aromatic heterocycles. The van der Waals surface area contributed by atoms with Gasteiger partial charge < -0.3 is 4.90 Å². The molecule has 0 fully saturated rings. The highest BCUT2D eigenvalue weighted by Crippen LogP contribution is 2.21. The standard InChI is InChI=1S/C7H11N3OS2/c1-5-8-9-7(13-5)12-4-6(11)10(2)3/h4H2,1-3H3. The average Bonchev–Trinajstić information content (AvgIpc) is 2.47. The van der Waals surface area contributed by atoms with Crippen LogP contribution in [0, 0.1) is 6.92 Å². The minimum Gasteiger partial charge on any atom is -0.348 e. The Bertz CT molecular complexity index is 298. The van der Waals surface area contributed by atoms with Crippen molar-refractivity contribution in [3.8, 4) is 0 Å². The van der Waals surface area contributed by atoms with E-state index in [1.54, 1.807) is 19.0 Å². The summed E-state index contributed by atoms with van der Waals surface area (Å²) >= 11 is 2.94. The molecule has 0 spiro atoms. The zero-order valence-corrected chi connectivity index (χ0v) is 9.41. The predicted octanol–water partition coefficient (Wildman–Crippen LogP) is 1.03. The number of carbonyl (C=O) groups is 1. The van der Waals surface area contributed by atoms with Crippen LogP contribution in [0.5, 0.6) is 0 Å². The van der Waals surface area contributed by atoms with Crippen LogP contribution in [0.25, 0.3) is 0 Å². The van der Waals surface area contributed by atoms with Gasteiger partial charge in [0.2, 0.25) is 5.91 Å². The van der Waals surface area contributed by atoms with E-state index in [1.165, 1.54) is 23.1 Å². The van der Waals surface area contributed by atoms with Gasteiger partial charge in [-0.25, -0.2) is 0 Å². The molecule has 0 radical (unpaired) electrons. The lowest BCUT2D eigenvalue weighted by Gasteiger charge is -2.07. The molecule has 1 rings (SSSR count). The number of amides is 1. The van der Waals surface area contributed by atoms with Crippen LogP contribution in [-0.4, -0.2) is 40.9 Å². The van der Waals surface area contributed by atoms with Gasteiger partial charge in [-0.1, -0.05) is 23.1 Å². The number of nitrogens with zero attached hydrogens (tertiary/aromatic N) is 3. The van der Waals surface area contributed by atoms with E-state index in [4.69, 9.17) is 0 Å². The molecular formula is C7H11N3OS2. The summed E-state index contributed by atoms with van der Waals surface area (Å²) < 4.78 is 0.854. The van der Waals surface area contributed by atoms with E-state index < -0.39 is 0 Å². The van der Waals surface area contributed by atoms with E-state index in [1.807, 2.05) is 6.92 Å². The molecule has 4 nitrogen and oxygen atoms in total. The van der Waals surface area contributed by atoms with Crippen molar-refractivity contribution in [3.63, 3.8) is 0 Å². The Morgan fingerprint density at radius 2 is 2.23 bits per heavy atom. The monoisotopic (exact) mass is 217 g/mol. The zero-order chi connectivity index (χ0) is 9.84. The first-order chi connectivity index (χ1) is 6.09. The topological polar surface area (TPSA) is 46.1 Å². The molecule has 0 aliphatic carbocycles. The second-order valence-corrected chi connectivity index (χ2v) is 5.07. The Morgan fingerprint density at radius 3 is 2.69 bits per heavy atom. The van der Waals surface area contributed by atoms with Crippen LogP contribution in [0.2, 0.25) is 0 Å². The molecule has 0 atom stereocenters. The van der Waals surface area contributed by atoms with Crippen LogP contribution in [0.3, 0.4) is 0 Å². The SMILES string of the molecule is Cc1nnc(SCC(=O)N(C)C)s1. The molecular weight excluding hydrogens is 206 g/mol. The van der Waals surface area contributed by atoms with Crippen molar-refractivity contribution in [2.24, 2.45) is 0 Å². The van der Waals surface area contributed by atoms with Gasteiger partial charge in [0.15, 0.2) is 4.34 Å². The summed E-state index contributed by atoms with van der Waals surface area (Å²) in [6.45, 7) is 1.90. The van der Waals surface area contributed by atoms with Crippen molar-refractivity contribution in [3.05, 3.63) is 5.01 Å². The Hall–Kier alpha value is -0.620. The van der Waals surface area contributed by atoms with Crippen molar-refractivity contribution in [2.45, 2.75) is 11.3 Å². The molecule has 0 aromatic carbocycles. The van der Waals surface area contributed by atoms with Gasteiger partial charge >= 0.3 is 0 Å². The van der Waals surface area contributed by atoms with Gasteiger partial charge in [-0.2, -0.15) is 0 Å². The fraction of sp³-hybridized carbons (Fsp3) is 0.571. The van der Waals surface area contributed by atoms with Crippen LogP contribution in [0.4, 0.5) is 0 Å². The maximum absolute atomic E-state index is 11.2. The fourth-order valence-electron chi connectivity index (χ4n) is 0.589. The highest BCUT2D eigenvalue weighted by Gasteiger charge is 2.07. The minimum atomic E-state index is 0.0952. The second kappa shape index (κ2) is 4.57. The van der Waals surface area contributed by atoms with Gasteiger partial charge in [-0.15, -0.1) is 10.2 Å². The van der Waals surface area contributed by atoms with E-state index in [-0.39, 0.29) is 5.91 Å². The van der Waals surface area contributed by atoms with Crippen LogP contribution >= 0.6 is 23.1 Å². The first kappa shape index (κ1) is 10.5. The van der Waals surface area contributed by atoms with Gasteiger partial charge in [0.1, 0.15) is 5.01 Å². The number of aryl methyl sites for hydroxylation is 1. The lowest BCUT2D eigenvalue weighted by atomic mass is 10.6. The third-order valence-corrected chi connectivity index (χ3v) is 3.28. The minimum absolute atomic E-state index is 0.0952. The maximum Gasteiger partial charge on any atom is 0.232 e. The van der Waals surface area contributed by atoms with E-state index in [0.717, 1.165) is 9.35 Å². The van der Waals surface area contributed by atoms with Gasteiger partial charge in [0, 0.05) is 14.1 Å². The van der Waals surface area contributed by atoms with Gasteiger partial charge in [0.05, 0.1) is 5.75 Å². The summed E-state index contributed by atoms with van der Waals surface area (Å²) in [5.74, 6) is 0.527. The van der Waals surface area contributed by atoms with Crippen LogP contribution < -0.4 is 0 Å². The lowest BCUT2D eigenvalue weighted by Crippen LogP contribution is -2.23. The van der Waals surface area contributed by atoms with Crippen LogP contribution in [-0.2, 0) is 4.79 Å². The summed E-state index contributed by atoms with van der Waals surface area (Å²) in [6, 6.07) is 0. The van der Waals surface area contributed by atoms with Crippen molar-refractivity contribution < 1.29 is 4.79 Å². The highest BCUT2D eigenvalue weighted by atomic mass is 32.2. The largest absolute Gasteiger partial charge is 0.348 e. The number of hydrogen-bond donors (Lipinski definition) is 0. The molecule has 1 heterocycles. The molecule has 13 heavy (non-hydrogen) atoms. The van der Waals surface area contributed by atoms with Crippen molar-refractivity contribution >= 4 is 29.0 Å². The van der Waals surface area contributed by atoms with Crippen LogP contribution in [0.1, 0.15) is 5.01 Å². The van der Waals surface area contributed by atoms with Crippen LogP contribution in [0.15, 0.2) is 4.34 Å².